The summed E-state index contributed by atoms with van der Waals surface area (Å²) in [5, 5.41) is 3.30. The Balaban J connectivity index is 2.47. The summed E-state index contributed by atoms with van der Waals surface area (Å²) >= 11 is 0. The second kappa shape index (κ2) is 4.88. The average Bonchev–Trinajstić information content (AvgIpc) is 2.42. The fourth-order valence-electron chi connectivity index (χ4n) is 1.44. The number of unbranched alkanes of at least 4 members (excludes halogenated alkanes) is 1. The molecule has 4 heteroatoms. The van der Waals surface area contributed by atoms with Crippen molar-refractivity contribution in [2.75, 3.05) is 11.1 Å². The Morgan fingerprint density at radius 3 is 2.79 bits per heavy atom. The second-order valence-electron chi connectivity index (χ2n) is 3.77. The molecule has 80 valence electrons. The van der Waals surface area contributed by atoms with Crippen molar-refractivity contribution in [3.05, 3.63) is 5.82 Å². The Bertz CT molecular complexity index is 280. The zero-order valence-corrected chi connectivity index (χ0v) is 9.22. The van der Waals surface area contributed by atoms with E-state index in [1.807, 2.05) is 6.92 Å². The van der Waals surface area contributed by atoms with Gasteiger partial charge in [0.05, 0.1) is 0 Å². The summed E-state index contributed by atoms with van der Waals surface area (Å²) in [6, 6.07) is 0.431. The zero-order chi connectivity index (χ0) is 10.6. The number of nitrogen functional groups attached to an aromatic ring is 1. The summed E-state index contributed by atoms with van der Waals surface area (Å²) in [4.78, 5) is 7.24. The maximum Gasteiger partial charge on any atom is 0.168 e. The molecular weight excluding hydrogens is 176 g/mol. The summed E-state index contributed by atoms with van der Waals surface area (Å²) in [5.74, 6) is 2.27. The van der Waals surface area contributed by atoms with Gasteiger partial charge in [-0.1, -0.05) is 19.8 Å². The highest BCUT2D eigenvalue weighted by molar-refractivity contribution is 5.57. The molecule has 0 fully saturated rings. The highest BCUT2D eigenvalue weighted by Gasteiger charge is 2.07. The minimum Gasteiger partial charge on any atom is -0.382 e. The number of hydrogen-bond donors (Lipinski definition) is 3. The van der Waals surface area contributed by atoms with Crippen molar-refractivity contribution < 1.29 is 0 Å². The minimum absolute atomic E-state index is 0.431. The molecule has 0 aliphatic rings. The predicted octanol–water partition coefficient (Wildman–Crippen LogP) is 2.29. The number of nitrogens with one attached hydrogen (secondary N) is 2. The van der Waals surface area contributed by atoms with E-state index >= 15 is 0 Å². The van der Waals surface area contributed by atoms with Crippen molar-refractivity contribution in [1.29, 1.82) is 0 Å². The van der Waals surface area contributed by atoms with Gasteiger partial charge in [-0.15, -0.1) is 0 Å². The molecule has 1 aromatic heterocycles. The first-order valence-corrected chi connectivity index (χ1v) is 5.22. The number of anilines is 2. The molecule has 1 aromatic rings. The molecule has 0 bridgehead atoms. The molecule has 1 atom stereocenters. The number of H-pyrrole nitrogens is 1. The third kappa shape index (κ3) is 2.94. The Morgan fingerprint density at radius 2 is 2.29 bits per heavy atom. The van der Waals surface area contributed by atoms with Gasteiger partial charge in [0, 0.05) is 6.04 Å². The fraction of sp³-hybridized carbons (Fsp3) is 0.700. The summed E-state index contributed by atoms with van der Waals surface area (Å²) in [6.07, 6.45) is 3.61. The highest BCUT2D eigenvalue weighted by Crippen LogP contribution is 2.16. The molecule has 0 amide bonds. The molecule has 4 N–H and O–H groups in total. The van der Waals surface area contributed by atoms with Gasteiger partial charge in [-0.25, -0.2) is 4.98 Å². The maximum atomic E-state index is 5.74. The third-order valence-electron chi connectivity index (χ3n) is 2.22. The van der Waals surface area contributed by atoms with Gasteiger partial charge in [-0.3, -0.25) is 0 Å². The van der Waals surface area contributed by atoms with Crippen LogP contribution in [-0.4, -0.2) is 16.0 Å². The first-order valence-electron chi connectivity index (χ1n) is 5.22. The molecule has 0 radical (unpaired) electrons. The van der Waals surface area contributed by atoms with Crippen LogP contribution in [0.5, 0.6) is 0 Å². The first-order chi connectivity index (χ1) is 6.63. The van der Waals surface area contributed by atoms with Gasteiger partial charge in [-0.05, 0) is 20.3 Å². The van der Waals surface area contributed by atoms with Crippen LogP contribution in [0.1, 0.15) is 38.9 Å². The number of aryl methyl sites for hydroxylation is 1. The quantitative estimate of drug-likeness (QED) is 0.677. The number of imidazole rings is 1. The number of rotatable bonds is 5. The zero-order valence-electron chi connectivity index (χ0n) is 9.22. The van der Waals surface area contributed by atoms with Gasteiger partial charge in [0.15, 0.2) is 5.82 Å². The van der Waals surface area contributed by atoms with E-state index in [-0.39, 0.29) is 0 Å². The number of nitrogens with zero attached hydrogens (tertiary/aromatic N) is 1. The number of aromatic nitrogens is 2. The molecule has 1 heterocycles. The Morgan fingerprint density at radius 1 is 1.57 bits per heavy atom. The van der Waals surface area contributed by atoms with E-state index in [1.165, 1.54) is 12.8 Å². The minimum atomic E-state index is 0.431. The van der Waals surface area contributed by atoms with Crippen molar-refractivity contribution in [2.24, 2.45) is 0 Å². The van der Waals surface area contributed by atoms with Crippen LogP contribution < -0.4 is 11.1 Å². The summed E-state index contributed by atoms with van der Waals surface area (Å²) in [7, 11) is 0. The van der Waals surface area contributed by atoms with Crippen molar-refractivity contribution in [3.8, 4) is 0 Å². The van der Waals surface area contributed by atoms with E-state index < -0.39 is 0 Å². The number of aromatic amines is 1. The van der Waals surface area contributed by atoms with Crippen LogP contribution in [0.4, 0.5) is 11.6 Å². The van der Waals surface area contributed by atoms with E-state index in [9.17, 15) is 0 Å². The SMILES string of the molecule is CCCCC(C)Nc1nc(C)[nH]c1N. The van der Waals surface area contributed by atoms with Crippen molar-refractivity contribution in [1.82, 2.24) is 9.97 Å². The molecule has 14 heavy (non-hydrogen) atoms. The normalized spacial score (nSPS) is 12.8. The van der Waals surface area contributed by atoms with Crippen LogP contribution in [0.2, 0.25) is 0 Å². The molecule has 1 unspecified atom stereocenters. The molecule has 0 saturated heterocycles. The molecular formula is C10H20N4. The van der Waals surface area contributed by atoms with Crippen LogP contribution >= 0.6 is 0 Å². The predicted molar refractivity (Wildman–Crippen MR) is 60.3 cm³/mol. The lowest BCUT2D eigenvalue weighted by atomic mass is 10.1. The Hall–Kier alpha value is -1.19. The van der Waals surface area contributed by atoms with Crippen molar-refractivity contribution in [2.45, 2.75) is 46.1 Å². The van der Waals surface area contributed by atoms with E-state index in [2.05, 4.69) is 29.1 Å². The smallest absolute Gasteiger partial charge is 0.168 e. The van der Waals surface area contributed by atoms with Gasteiger partial charge in [0.1, 0.15) is 11.6 Å². The highest BCUT2D eigenvalue weighted by atomic mass is 15.1. The summed E-state index contributed by atoms with van der Waals surface area (Å²) in [6.45, 7) is 6.25. The van der Waals surface area contributed by atoms with Crippen LogP contribution in [0, 0.1) is 6.92 Å². The molecule has 0 aromatic carbocycles. The third-order valence-corrected chi connectivity index (χ3v) is 2.22. The molecule has 4 nitrogen and oxygen atoms in total. The van der Waals surface area contributed by atoms with Gasteiger partial charge in [0.25, 0.3) is 0 Å². The first kappa shape index (κ1) is 10.9. The van der Waals surface area contributed by atoms with Crippen LogP contribution in [-0.2, 0) is 0 Å². The number of nitrogens with two attached hydrogens (primary N) is 1. The fourth-order valence-corrected chi connectivity index (χ4v) is 1.44. The average molecular weight is 196 g/mol. The lowest BCUT2D eigenvalue weighted by Gasteiger charge is -2.12. The van der Waals surface area contributed by atoms with Crippen molar-refractivity contribution >= 4 is 11.6 Å². The maximum absolute atomic E-state index is 5.74. The molecule has 0 saturated carbocycles. The van der Waals surface area contributed by atoms with Crippen molar-refractivity contribution in [3.63, 3.8) is 0 Å². The molecule has 1 rings (SSSR count). The van der Waals surface area contributed by atoms with Crippen LogP contribution in [0.15, 0.2) is 0 Å². The summed E-state index contributed by atoms with van der Waals surface area (Å²) in [5.41, 5.74) is 5.74. The lowest BCUT2D eigenvalue weighted by Crippen LogP contribution is -2.16. The summed E-state index contributed by atoms with van der Waals surface area (Å²) < 4.78 is 0. The van der Waals surface area contributed by atoms with Gasteiger partial charge >= 0.3 is 0 Å². The van der Waals surface area contributed by atoms with E-state index in [0.29, 0.717) is 11.9 Å². The van der Waals surface area contributed by atoms with Gasteiger partial charge in [0.2, 0.25) is 0 Å². The van der Waals surface area contributed by atoms with Crippen LogP contribution in [0.25, 0.3) is 0 Å². The number of hydrogen-bond acceptors (Lipinski definition) is 3. The van der Waals surface area contributed by atoms with Gasteiger partial charge < -0.3 is 16.0 Å². The monoisotopic (exact) mass is 196 g/mol. The molecule has 0 aliphatic heterocycles. The standard InChI is InChI=1S/C10H20N4/c1-4-5-6-7(2)12-10-9(11)13-8(3)14-10/h7,12H,4-6,11H2,1-3H3,(H,13,14). The van der Waals surface area contributed by atoms with E-state index in [4.69, 9.17) is 5.73 Å². The Kier molecular flexibility index (Phi) is 3.80. The molecule has 0 spiro atoms. The Labute approximate surface area is 85.3 Å². The van der Waals surface area contributed by atoms with Crippen LogP contribution in [0.3, 0.4) is 0 Å². The lowest BCUT2D eigenvalue weighted by molar-refractivity contribution is 0.643. The van der Waals surface area contributed by atoms with E-state index in [0.717, 1.165) is 18.1 Å². The van der Waals surface area contributed by atoms with E-state index in [1.54, 1.807) is 0 Å². The molecule has 0 aliphatic carbocycles. The van der Waals surface area contributed by atoms with Gasteiger partial charge in [-0.2, -0.15) is 0 Å². The largest absolute Gasteiger partial charge is 0.382 e. The second-order valence-corrected chi connectivity index (χ2v) is 3.77. The topological polar surface area (TPSA) is 66.7 Å².